The van der Waals surface area contributed by atoms with Gasteiger partial charge in [0.05, 0.1) is 12.4 Å². The van der Waals surface area contributed by atoms with Gasteiger partial charge in [0.25, 0.3) is 11.8 Å². The van der Waals surface area contributed by atoms with Crippen LogP contribution in [-0.4, -0.2) is 30.1 Å². The Morgan fingerprint density at radius 3 is 2.32 bits per heavy atom. The number of rotatable bonds is 12. The number of hydrogen-bond donors (Lipinski definition) is 3. The maximum atomic E-state index is 13.6. The van der Waals surface area contributed by atoms with Gasteiger partial charge in [-0.3, -0.25) is 14.4 Å². The molecular formula is C36H37N3O4S. The highest BCUT2D eigenvalue weighted by atomic mass is 32.2. The van der Waals surface area contributed by atoms with Crippen LogP contribution in [-0.2, 0) is 16.0 Å². The van der Waals surface area contributed by atoms with Gasteiger partial charge in [0.2, 0.25) is 5.91 Å². The molecule has 0 aliphatic carbocycles. The zero-order chi connectivity index (χ0) is 31.5. The second kappa shape index (κ2) is 15.6. The minimum absolute atomic E-state index is 0.0529. The van der Waals surface area contributed by atoms with Gasteiger partial charge in [0.15, 0.2) is 0 Å². The van der Waals surface area contributed by atoms with Gasteiger partial charge >= 0.3 is 0 Å². The Kier molecular flexibility index (Phi) is 11.4. The number of anilines is 2. The van der Waals surface area contributed by atoms with Crippen molar-refractivity contribution in [2.45, 2.75) is 43.8 Å². The normalized spacial score (nSPS) is 11.8. The fourth-order valence-electron chi connectivity index (χ4n) is 4.62. The summed E-state index contributed by atoms with van der Waals surface area (Å²) in [5.41, 5.74) is 4.63. The second-order valence-electron chi connectivity index (χ2n) is 10.1. The first-order chi connectivity index (χ1) is 21.3. The second-order valence-corrected chi connectivity index (χ2v) is 11.3. The third-order valence-electron chi connectivity index (χ3n) is 6.99. The Morgan fingerprint density at radius 1 is 0.864 bits per heavy atom. The van der Waals surface area contributed by atoms with E-state index in [1.807, 2.05) is 68.4 Å². The van der Waals surface area contributed by atoms with Crippen LogP contribution in [0.25, 0.3) is 6.08 Å². The molecule has 226 valence electrons. The van der Waals surface area contributed by atoms with Crippen LogP contribution < -0.4 is 20.7 Å². The van der Waals surface area contributed by atoms with Crippen LogP contribution in [0.4, 0.5) is 11.4 Å². The van der Waals surface area contributed by atoms with E-state index in [1.165, 1.54) is 11.8 Å². The Bertz CT molecular complexity index is 1650. The number of ether oxygens (including phenoxy) is 1. The van der Waals surface area contributed by atoms with Crippen LogP contribution in [0.2, 0.25) is 0 Å². The van der Waals surface area contributed by atoms with Crippen molar-refractivity contribution in [1.82, 2.24) is 5.32 Å². The molecule has 3 amide bonds. The number of aryl methyl sites for hydroxylation is 2. The predicted molar refractivity (Wildman–Crippen MR) is 179 cm³/mol. The molecule has 0 fully saturated rings. The van der Waals surface area contributed by atoms with Crippen molar-refractivity contribution in [1.29, 1.82) is 0 Å². The van der Waals surface area contributed by atoms with E-state index in [2.05, 4.69) is 22.9 Å². The molecule has 4 aromatic carbocycles. The first kappa shape index (κ1) is 32.1. The molecule has 8 heteroatoms. The van der Waals surface area contributed by atoms with Gasteiger partial charge in [-0.15, -0.1) is 11.8 Å². The molecule has 0 spiro atoms. The van der Waals surface area contributed by atoms with Crippen LogP contribution in [0, 0.1) is 6.92 Å². The lowest BCUT2D eigenvalue weighted by molar-refractivity contribution is -0.116. The van der Waals surface area contributed by atoms with E-state index >= 15 is 0 Å². The molecule has 0 saturated carbocycles. The van der Waals surface area contributed by atoms with Crippen LogP contribution in [0.5, 0.6) is 5.75 Å². The Balaban J connectivity index is 1.53. The summed E-state index contributed by atoms with van der Waals surface area (Å²) in [7, 11) is 1.55. The molecule has 0 bridgehead atoms. The third-order valence-corrected chi connectivity index (χ3v) is 8.35. The molecule has 7 nitrogen and oxygen atoms in total. The van der Waals surface area contributed by atoms with Gasteiger partial charge in [-0.25, -0.2) is 0 Å². The van der Waals surface area contributed by atoms with Gasteiger partial charge < -0.3 is 20.7 Å². The molecule has 0 aromatic heterocycles. The van der Waals surface area contributed by atoms with Gasteiger partial charge in [-0.05, 0) is 73.4 Å². The van der Waals surface area contributed by atoms with E-state index in [-0.39, 0.29) is 16.9 Å². The molecule has 1 atom stereocenters. The first-order valence-electron chi connectivity index (χ1n) is 14.5. The summed E-state index contributed by atoms with van der Waals surface area (Å²) in [5, 5.41) is 8.46. The van der Waals surface area contributed by atoms with Crippen LogP contribution in [0.3, 0.4) is 0 Å². The van der Waals surface area contributed by atoms with Crippen molar-refractivity contribution in [2.75, 3.05) is 17.7 Å². The van der Waals surface area contributed by atoms with Crippen molar-refractivity contribution < 1.29 is 19.1 Å². The number of hydrogen-bond acceptors (Lipinski definition) is 5. The summed E-state index contributed by atoms with van der Waals surface area (Å²) >= 11 is 1.44. The lowest BCUT2D eigenvalue weighted by atomic mass is 10.1. The fraction of sp³-hybridized carbons (Fsp3) is 0.194. The average molecular weight is 608 g/mol. The number of methoxy groups -OCH3 is 1. The molecule has 0 aliphatic rings. The van der Waals surface area contributed by atoms with Gasteiger partial charge in [0, 0.05) is 27.4 Å². The van der Waals surface area contributed by atoms with E-state index in [9.17, 15) is 14.4 Å². The Hall–Kier alpha value is -4.82. The van der Waals surface area contributed by atoms with E-state index in [0.29, 0.717) is 29.0 Å². The van der Waals surface area contributed by atoms with Crippen molar-refractivity contribution in [3.05, 3.63) is 125 Å². The van der Waals surface area contributed by atoms with Gasteiger partial charge in [0.1, 0.15) is 11.4 Å². The highest BCUT2D eigenvalue weighted by Gasteiger charge is 2.21. The summed E-state index contributed by atoms with van der Waals surface area (Å²) in [6, 6.07) is 29.3. The summed E-state index contributed by atoms with van der Waals surface area (Å²) in [6.45, 7) is 6.04. The summed E-state index contributed by atoms with van der Waals surface area (Å²) in [5.74, 6) is -0.422. The number of thioether (sulfide) groups is 1. The largest absolute Gasteiger partial charge is 0.496 e. The zero-order valence-corrected chi connectivity index (χ0v) is 26.2. The number of carbonyl (C=O) groups is 3. The molecule has 0 heterocycles. The third kappa shape index (κ3) is 8.39. The Labute approximate surface area is 263 Å². The number of benzene rings is 4. The Morgan fingerprint density at radius 2 is 1.59 bits per heavy atom. The number of nitrogens with one attached hydrogen (secondary N) is 3. The number of amides is 3. The maximum absolute atomic E-state index is 13.6. The molecule has 4 rings (SSSR count). The lowest BCUT2D eigenvalue weighted by Gasteiger charge is -2.18. The summed E-state index contributed by atoms with van der Waals surface area (Å²) < 4.78 is 5.45. The highest BCUT2D eigenvalue weighted by molar-refractivity contribution is 8.00. The highest BCUT2D eigenvalue weighted by Crippen LogP contribution is 2.30. The zero-order valence-electron chi connectivity index (χ0n) is 25.3. The van der Waals surface area contributed by atoms with Crippen LogP contribution in [0.15, 0.2) is 108 Å². The minimum atomic E-state index is -0.501. The van der Waals surface area contributed by atoms with E-state index in [0.717, 1.165) is 28.1 Å². The first-order valence-corrected chi connectivity index (χ1v) is 15.4. The lowest BCUT2D eigenvalue weighted by Crippen LogP contribution is -2.30. The van der Waals surface area contributed by atoms with E-state index in [1.54, 1.807) is 55.7 Å². The van der Waals surface area contributed by atoms with Crippen LogP contribution in [0.1, 0.15) is 47.3 Å². The smallest absolute Gasteiger partial charge is 0.272 e. The molecule has 44 heavy (non-hydrogen) atoms. The molecular weight excluding hydrogens is 570 g/mol. The SMILES string of the molecule is CCc1cccc(C)c1NC(=O)C(CC)Sc1cccc(NC(=O)/C(=C\c2ccccc2OC)NC(=O)c2ccccc2)c1. The number of para-hydroxylation sites is 2. The van der Waals surface area contributed by atoms with E-state index in [4.69, 9.17) is 4.74 Å². The summed E-state index contributed by atoms with van der Waals surface area (Å²) in [4.78, 5) is 40.7. The van der Waals surface area contributed by atoms with Gasteiger partial charge in [-0.1, -0.05) is 74.5 Å². The fourth-order valence-corrected chi connectivity index (χ4v) is 5.63. The maximum Gasteiger partial charge on any atom is 0.272 e. The monoisotopic (exact) mass is 607 g/mol. The van der Waals surface area contributed by atoms with Crippen molar-refractivity contribution >= 4 is 46.9 Å². The number of carbonyl (C=O) groups excluding carboxylic acids is 3. The summed E-state index contributed by atoms with van der Waals surface area (Å²) in [6.07, 6.45) is 3.03. The van der Waals surface area contributed by atoms with Gasteiger partial charge in [-0.2, -0.15) is 0 Å². The standard InChI is InChI=1S/C36H37N3O4S/c1-5-25-18-12-14-24(3)33(25)39-36(42)32(6-2)44-29-20-13-19-28(23-29)37-35(41)30(22-27-17-10-11-21-31(27)43-4)38-34(40)26-15-8-7-9-16-26/h7-23,32H,5-6H2,1-4H3,(H,37,41)(H,38,40)(H,39,42)/b30-22+. The molecule has 4 aromatic rings. The van der Waals surface area contributed by atoms with Crippen LogP contribution >= 0.6 is 11.8 Å². The molecule has 0 aliphatic heterocycles. The molecule has 0 radical (unpaired) electrons. The van der Waals surface area contributed by atoms with Crippen molar-refractivity contribution in [3.63, 3.8) is 0 Å². The predicted octanol–water partition coefficient (Wildman–Crippen LogP) is 7.49. The van der Waals surface area contributed by atoms with E-state index < -0.39 is 11.8 Å². The van der Waals surface area contributed by atoms with Crippen molar-refractivity contribution in [2.24, 2.45) is 0 Å². The topological polar surface area (TPSA) is 96.5 Å². The average Bonchev–Trinajstić information content (AvgIpc) is 3.04. The quantitative estimate of drug-likeness (QED) is 0.115. The minimum Gasteiger partial charge on any atom is -0.496 e. The van der Waals surface area contributed by atoms with Crippen molar-refractivity contribution in [3.8, 4) is 5.75 Å². The molecule has 3 N–H and O–H groups in total. The molecule has 0 saturated heterocycles. The molecule has 1 unspecified atom stereocenters.